The molecule has 0 amide bonds. The Morgan fingerprint density at radius 3 is 1.88 bits per heavy atom. The molecule has 0 fully saturated rings. The molecule has 1 aromatic rings. The monoisotopic (exact) mass is 460 g/mol. The van der Waals surface area contributed by atoms with Crippen LogP contribution in [0.1, 0.15) is 52.0 Å². The summed E-state index contributed by atoms with van der Waals surface area (Å²) in [4.78, 5) is 30.2. The smallest absolute Gasteiger partial charge is 0.332 e. The van der Waals surface area contributed by atoms with Gasteiger partial charge in [0.05, 0.1) is 13.7 Å². The zero-order chi connectivity index (χ0) is 26.1. The van der Waals surface area contributed by atoms with Crippen molar-refractivity contribution in [2.75, 3.05) is 13.7 Å². The summed E-state index contributed by atoms with van der Waals surface area (Å²) < 4.78 is 9.26. The fourth-order valence-electron chi connectivity index (χ4n) is 1.92. The zero-order valence-corrected chi connectivity index (χ0v) is 20.5. The maximum Gasteiger partial charge on any atom is 0.332 e. The van der Waals surface area contributed by atoms with Crippen LogP contribution >= 0.6 is 0 Å². The molecule has 1 N–H and O–H groups in total. The number of esters is 2. The highest BCUT2D eigenvalue weighted by atomic mass is 16.5. The van der Waals surface area contributed by atoms with Crippen LogP contribution in [0.2, 0.25) is 0 Å². The highest BCUT2D eigenvalue weighted by Gasteiger charge is 2.07. The minimum Gasteiger partial charge on any atom is -0.478 e. The Kier molecular flexibility index (Phi) is 25.8. The van der Waals surface area contributed by atoms with Crippen molar-refractivity contribution >= 4 is 24.0 Å². The minimum absolute atomic E-state index is 0.310. The van der Waals surface area contributed by atoms with E-state index in [0.29, 0.717) is 18.1 Å². The number of carboxylic acid groups (broad SMARTS) is 1. The Morgan fingerprint density at radius 2 is 1.61 bits per heavy atom. The number of carboxylic acids is 1. The molecule has 0 aliphatic heterocycles. The topological polar surface area (TPSA) is 89.9 Å². The molecule has 1 unspecified atom stereocenters. The predicted octanol–water partition coefficient (Wildman–Crippen LogP) is 6.25. The number of ether oxygens (including phenoxy) is 2. The van der Waals surface area contributed by atoms with Crippen molar-refractivity contribution in [3.8, 4) is 0 Å². The first kappa shape index (κ1) is 34.2. The van der Waals surface area contributed by atoms with E-state index in [1.54, 1.807) is 6.92 Å². The van der Waals surface area contributed by atoms with E-state index in [4.69, 9.17) is 9.84 Å². The maximum absolute atomic E-state index is 10.8. The van der Waals surface area contributed by atoms with Crippen LogP contribution in [0.4, 0.5) is 0 Å². The fourth-order valence-corrected chi connectivity index (χ4v) is 1.92. The van der Waals surface area contributed by atoms with Crippen LogP contribution < -0.4 is 0 Å². The van der Waals surface area contributed by atoms with Crippen LogP contribution in [0.15, 0.2) is 74.4 Å². The minimum atomic E-state index is -0.981. The van der Waals surface area contributed by atoms with Crippen molar-refractivity contribution in [1.82, 2.24) is 0 Å². The Balaban J connectivity index is -0.000000388. The number of hydrogen-bond donors (Lipinski definition) is 1. The summed E-state index contributed by atoms with van der Waals surface area (Å²) in [7, 11) is 1.33. The molecule has 0 aliphatic rings. The van der Waals surface area contributed by atoms with Gasteiger partial charge in [0.2, 0.25) is 0 Å². The Bertz CT molecular complexity index is 707. The second-order valence-corrected chi connectivity index (χ2v) is 6.68. The molecule has 33 heavy (non-hydrogen) atoms. The van der Waals surface area contributed by atoms with Gasteiger partial charge in [-0.3, -0.25) is 0 Å². The van der Waals surface area contributed by atoms with Gasteiger partial charge in [0.1, 0.15) is 0 Å². The van der Waals surface area contributed by atoms with Gasteiger partial charge in [-0.2, -0.15) is 0 Å². The fraction of sp³-hybridized carbons (Fsp3) is 0.370. The lowest BCUT2D eigenvalue weighted by Gasteiger charge is -2.13. The van der Waals surface area contributed by atoms with Crippen molar-refractivity contribution in [2.24, 2.45) is 5.92 Å². The summed E-state index contributed by atoms with van der Waals surface area (Å²) in [5.74, 6) is -1.12. The Labute approximate surface area is 199 Å². The van der Waals surface area contributed by atoms with Gasteiger partial charge in [0, 0.05) is 17.7 Å². The van der Waals surface area contributed by atoms with Gasteiger partial charge in [-0.25, -0.2) is 14.4 Å². The molecule has 184 valence electrons. The van der Waals surface area contributed by atoms with E-state index in [9.17, 15) is 14.4 Å². The van der Waals surface area contributed by atoms with Crippen LogP contribution in [0.5, 0.6) is 0 Å². The molecule has 0 bridgehead atoms. The molecule has 6 nitrogen and oxygen atoms in total. The molecular weight excluding hydrogens is 420 g/mol. The second kappa shape index (κ2) is 24.9. The number of benzene rings is 1. The summed E-state index contributed by atoms with van der Waals surface area (Å²) in [6.07, 6.45) is 8.52. The third-order valence-corrected chi connectivity index (χ3v) is 3.91. The van der Waals surface area contributed by atoms with E-state index in [-0.39, 0.29) is 11.9 Å². The van der Waals surface area contributed by atoms with Gasteiger partial charge in [-0.1, -0.05) is 95.8 Å². The first-order valence-electron chi connectivity index (χ1n) is 10.7. The Hall–Kier alpha value is -3.41. The number of methoxy groups -OCH3 is 1. The van der Waals surface area contributed by atoms with Gasteiger partial charge < -0.3 is 14.6 Å². The molecule has 0 spiro atoms. The van der Waals surface area contributed by atoms with E-state index in [1.807, 2.05) is 36.4 Å². The third-order valence-electron chi connectivity index (χ3n) is 3.91. The van der Waals surface area contributed by atoms with E-state index in [1.165, 1.54) is 31.6 Å². The molecule has 0 saturated heterocycles. The highest BCUT2D eigenvalue weighted by molar-refractivity contribution is 5.86. The number of unbranched alkanes of at least 4 members (excludes halogenated alkanes) is 1. The van der Waals surface area contributed by atoms with Crippen LogP contribution in [-0.2, 0) is 23.9 Å². The molecule has 0 radical (unpaired) electrons. The first-order valence-corrected chi connectivity index (χ1v) is 10.7. The maximum atomic E-state index is 10.8. The van der Waals surface area contributed by atoms with E-state index in [2.05, 4.69) is 44.9 Å². The van der Waals surface area contributed by atoms with Crippen LogP contribution in [0, 0.1) is 5.92 Å². The van der Waals surface area contributed by atoms with Crippen LogP contribution in [0.3, 0.4) is 0 Å². The highest BCUT2D eigenvalue weighted by Crippen LogP contribution is 2.12. The van der Waals surface area contributed by atoms with Gasteiger partial charge >= 0.3 is 17.9 Å². The van der Waals surface area contributed by atoms with Crippen LogP contribution in [-0.4, -0.2) is 36.7 Å². The molecule has 0 saturated carbocycles. The molecule has 0 aromatic heterocycles. The molecule has 0 heterocycles. The van der Waals surface area contributed by atoms with Gasteiger partial charge in [-0.05, 0) is 24.8 Å². The van der Waals surface area contributed by atoms with E-state index >= 15 is 0 Å². The lowest BCUT2D eigenvalue weighted by Crippen LogP contribution is -2.12. The van der Waals surface area contributed by atoms with Crippen molar-refractivity contribution in [2.45, 2.75) is 46.5 Å². The molecular formula is C27H40O6. The van der Waals surface area contributed by atoms with Gasteiger partial charge in [0.25, 0.3) is 0 Å². The molecule has 1 rings (SSSR count). The largest absolute Gasteiger partial charge is 0.478 e. The average molecular weight is 461 g/mol. The summed E-state index contributed by atoms with van der Waals surface area (Å²) in [6.45, 7) is 19.7. The zero-order valence-electron chi connectivity index (χ0n) is 20.5. The standard InChI is InChI=1S/C11H20O2.C8H8.C5H8O2.C3H4O2/c1-4-7-8-10(5-2)9-13-11(12)6-3;1-2-8-6-4-3-5-7-8;1-4(2)5(6)7-3;1-2-3(4)5/h6,10H,3-5,7-9H2,1-2H3;2-7H,1H2;1H2,2-3H3;2H,1H2,(H,4,5). The van der Waals surface area contributed by atoms with Crippen molar-refractivity contribution in [1.29, 1.82) is 0 Å². The summed E-state index contributed by atoms with van der Waals surface area (Å²) in [5, 5.41) is 7.60. The Morgan fingerprint density at radius 1 is 1.06 bits per heavy atom. The summed E-state index contributed by atoms with van der Waals surface area (Å²) in [6, 6.07) is 10.0. The molecule has 1 aromatic carbocycles. The van der Waals surface area contributed by atoms with Crippen molar-refractivity contribution in [3.05, 3.63) is 79.9 Å². The van der Waals surface area contributed by atoms with E-state index < -0.39 is 5.97 Å². The number of carbonyl (C=O) groups is 3. The average Bonchev–Trinajstić information content (AvgIpc) is 2.84. The second-order valence-electron chi connectivity index (χ2n) is 6.68. The van der Waals surface area contributed by atoms with Crippen molar-refractivity contribution in [3.63, 3.8) is 0 Å². The normalized spacial score (nSPS) is 9.45. The van der Waals surface area contributed by atoms with Gasteiger partial charge in [0.15, 0.2) is 0 Å². The van der Waals surface area contributed by atoms with Crippen LogP contribution in [0.25, 0.3) is 6.08 Å². The third kappa shape index (κ3) is 26.6. The number of hydrogen-bond acceptors (Lipinski definition) is 5. The molecule has 1 atom stereocenters. The van der Waals surface area contributed by atoms with Crippen molar-refractivity contribution < 1.29 is 29.0 Å². The molecule has 0 aliphatic carbocycles. The number of rotatable bonds is 10. The van der Waals surface area contributed by atoms with Gasteiger partial charge in [-0.15, -0.1) is 0 Å². The summed E-state index contributed by atoms with van der Waals surface area (Å²) in [5.41, 5.74) is 1.61. The quantitative estimate of drug-likeness (QED) is 0.328. The number of carbonyl (C=O) groups excluding carboxylic acids is 2. The first-order chi connectivity index (χ1) is 15.6. The summed E-state index contributed by atoms with van der Waals surface area (Å²) >= 11 is 0. The van der Waals surface area contributed by atoms with E-state index in [0.717, 1.165) is 18.9 Å². The lowest BCUT2D eigenvalue weighted by atomic mass is 10.0. The molecule has 6 heteroatoms. The number of aliphatic carboxylic acids is 1. The SMILES string of the molecule is C=C(C)C(=O)OC.C=CC(=O)O.C=CC(=O)OCC(CC)CCCC.C=Cc1ccccc1. The lowest BCUT2D eigenvalue weighted by molar-refractivity contribution is -0.139. The predicted molar refractivity (Wildman–Crippen MR) is 136 cm³/mol.